The van der Waals surface area contributed by atoms with Gasteiger partial charge >= 0.3 is 0 Å². The van der Waals surface area contributed by atoms with Gasteiger partial charge in [0, 0.05) is 50.3 Å². The summed E-state index contributed by atoms with van der Waals surface area (Å²) in [6.45, 7) is 3.46. The van der Waals surface area contributed by atoms with E-state index in [0.717, 1.165) is 12.0 Å². The van der Waals surface area contributed by atoms with Crippen LogP contribution in [0.25, 0.3) is 0 Å². The lowest BCUT2D eigenvalue weighted by Gasteiger charge is -2.39. The fourth-order valence-corrected chi connectivity index (χ4v) is 4.22. The van der Waals surface area contributed by atoms with Gasteiger partial charge in [-0.3, -0.25) is 9.48 Å². The summed E-state index contributed by atoms with van der Waals surface area (Å²) in [5.41, 5.74) is 0.833. The van der Waals surface area contributed by atoms with Crippen molar-refractivity contribution in [3.05, 3.63) is 18.0 Å². The first kappa shape index (κ1) is 15.5. The average molecular weight is 326 g/mol. The molecule has 1 amide bonds. The van der Waals surface area contributed by atoms with Crippen molar-refractivity contribution in [3.63, 3.8) is 0 Å². The topological polar surface area (TPSA) is 84.3 Å². The molecule has 3 rings (SSSR count). The maximum absolute atomic E-state index is 12.0. The number of nitrogens with one attached hydrogen (secondary N) is 1. The molecule has 2 aliphatic rings. The normalized spacial score (nSPS) is 25.1. The summed E-state index contributed by atoms with van der Waals surface area (Å²) in [6, 6.07) is 0. The second kappa shape index (κ2) is 5.66. The van der Waals surface area contributed by atoms with Crippen LogP contribution in [0.2, 0.25) is 0 Å². The molecule has 0 unspecified atom stereocenters. The van der Waals surface area contributed by atoms with Gasteiger partial charge in [-0.15, -0.1) is 0 Å². The number of likely N-dealkylation sites (tertiary alicyclic amines) is 1. The summed E-state index contributed by atoms with van der Waals surface area (Å²) in [6.07, 6.45) is 4.40. The number of amides is 1. The highest BCUT2D eigenvalue weighted by Gasteiger charge is 2.45. The van der Waals surface area contributed by atoms with E-state index in [-0.39, 0.29) is 30.0 Å². The number of nitrogens with zero attached hydrogens (tertiary/aromatic N) is 3. The monoisotopic (exact) mass is 326 g/mol. The van der Waals surface area contributed by atoms with Crippen LogP contribution in [0.5, 0.6) is 0 Å². The van der Waals surface area contributed by atoms with Crippen LogP contribution in [0.4, 0.5) is 0 Å². The van der Waals surface area contributed by atoms with Gasteiger partial charge < -0.3 is 4.90 Å². The van der Waals surface area contributed by atoms with Gasteiger partial charge in [-0.25, -0.2) is 13.1 Å². The Kier molecular flexibility index (Phi) is 3.98. The van der Waals surface area contributed by atoms with Crippen LogP contribution in [-0.4, -0.2) is 47.8 Å². The lowest BCUT2D eigenvalue weighted by molar-refractivity contribution is -0.138. The van der Waals surface area contributed by atoms with Crippen LogP contribution in [0.15, 0.2) is 12.4 Å². The van der Waals surface area contributed by atoms with Crippen molar-refractivity contribution in [1.82, 2.24) is 19.4 Å². The van der Waals surface area contributed by atoms with E-state index in [4.69, 9.17) is 0 Å². The quantitative estimate of drug-likeness (QED) is 0.795. The third-order valence-corrected chi connectivity index (χ3v) is 5.90. The molecule has 0 spiro atoms. The van der Waals surface area contributed by atoms with E-state index < -0.39 is 10.0 Å². The molecular formula is C14H22N4O3S. The van der Waals surface area contributed by atoms with Crippen LogP contribution in [0, 0.1) is 17.8 Å². The van der Waals surface area contributed by atoms with E-state index in [0.29, 0.717) is 19.0 Å². The van der Waals surface area contributed by atoms with Crippen LogP contribution < -0.4 is 4.72 Å². The number of carbonyl (C=O) groups excluding carboxylic acids is 1. The molecule has 1 aromatic rings. The Hall–Kier alpha value is -1.41. The van der Waals surface area contributed by atoms with Gasteiger partial charge in [-0.1, -0.05) is 6.92 Å². The summed E-state index contributed by atoms with van der Waals surface area (Å²) >= 11 is 0. The zero-order valence-electron chi connectivity index (χ0n) is 12.9. The molecule has 1 aliphatic heterocycles. The van der Waals surface area contributed by atoms with Gasteiger partial charge in [0.1, 0.15) is 0 Å². The highest BCUT2D eigenvalue weighted by molar-refractivity contribution is 7.89. The van der Waals surface area contributed by atoms with Crippen molar-refractivity contribution in [2.45, 2.75) is 19.9 Å². The third-order valence-electron chi connectivity index (χ3n) is 4.41. The summed E-state index contributed by atoms with van der Waals surface area (Å²) in [5.74, 6) is 1.00. The average Bonchev–Trinajstić information content (AvgIpc) is 2.98. The molecular weight excluding hydrogens is 304 g/mol. The van der Waals surface area contributed by atoms with Crippen molar-refractivity contribution in [1.29, 1.82) is 0 Å². The summed E-state index contributed by atoms with van der Waals surface area (Å²) < 4.78 is 28.3. The molecule has 1 saturated heterocycles. The maximum Gasteiger partial charge on any atom is 0.225 e. The molecule has 22 heavy (non-hydrogen) atoms. The Morgan fingerprint density at radius 3 is 2.68 bits per heavy atom. The van der Waals surface area contributed by atoms with Gasteiger partial charge in [0.15, 0.2) is 0 Å². The summed E-state index contributed by atoms with van der Waals surface area (Å²) in [4.78, 5) is 13.8. The lowest BCUT2D eigenvalue weighted by atomic mass is 10.0. The van der Waals surface area contributed by atoms with Crippen molar-refractivity contribution in [2.24, 2.45) is 24.8 Å². The fraction of sp³-hybridized carbons (Fsp3) is 0.714. The number of aryl methyl sites for hydroxylation is 1. The van der Waals surface area contributed by atoms with Crippen molar-refractivity contribution >= 4 is 15.9 Å². The van der Waals surface area contributed by atoms with Gasteiger partial charge in [0.2, 0.25) is 15.9 Å². The van der Waals surface area contributed by atoms with Crippen molar-refractivity contribution in [2.75, 3.05) is 18.8 Å². The highest BCUT2D eigenvalue weighted by atomic mass is 32.2. The van der Waals surface area contributed by atoms with Gasteiger partial charge in [-0.05, 0) is 12.3 Å². The van der Waals surface area contributed by atoms with Gasteiger partial charge in [0.05, 0.1) is 11.9 Å². The minimum absolute atomic E-state index is 0.0457. The maximum atomic E-state index is 12.0. The minimum atomic E-state index is -3.32. The Labute approximate surface area is 130 Å². The molecule has 1 aliphatic carbocycles. The predicted octanol–water partition coefficient (Wildman–Crippen LogP) is -0.0461. The van der Waals surface area contributed by atoms with Crippen LogP contribution >= 0.6 is 0 Å². The van der Waals surface area contributed by atoms with Crippen LogP contribution in [-0.2, 0) is 28.4 Å². The Bertz CT molecular complexity index is 663. The summed E-state index contributed by atoms with van der Waals surface area (Å²) in [5, 5.41) is 4.00. The molecule has 7 nitrogen and oxygen atoms in total. The zero-order chi connectivity index (χ0) is 15.9. The van der Waals surface area contributed by atoms with E-state index in [1.54, 1.807) is 29.0 Å². The van der Waals surface area contributed by atoms with Crippen LogP contribution in [0.1, 0.15) is 18.9 Å². The van der Waals surface area contributed by atoms with E-state index in [1.807, 2.05) is 0 Å². The van der Waals surface area contributed by atoms with E-state index in [9.17, 15) is 13.2 Å². The molecule has 0 radical (unpaired) electrons. The number of carbonyl (C=O) groups is 1. The highest BCUT2D eigenvalue weighted by Crippen LogP contribution is 2.40. The second-order valence-corrected chi connectivity index (χ2v) is 8.41. The smallest absolute Gasteiger partial charge is 0.225 e. The summed E-state index contributed by atoms with van der Waals surface area (Å²) in [7, 11) is -1.53. The molecule has 122 valence electrons. The Morgan fingerprint density at radius 2 is 2.14 bits per heavy atom. The van der Waals surface area contributed by atoms with E-state index in [1.165, 1.54) is 0 Å². The lowest BCUT2D eigenvalue weighted by Crippen LogP contribution is -2.53. The van der Waals surface area contributed by atoms with Crippen LogP contribution in [0.3, 0.4) is 0 Å². The Balaban J connectivity index is 1.42. The van der Waals surface area contributed by atoms with Crippen molar-refractivity contribution < 1.29 is 13.2 Å². The first-order valence-corrected chi connectivity index (χ1v) is 9.23. The molecule has 0 bridgehead atoms. The number of aromatic nitrogens is 2. The number of hydrogen-bond acceptors (Lipinski definition) is 4. The largest absolute Gasteiger partial charge is 0.342 e. The van der Waals surface area contributed by atoms with Gasteiger partial charge in [-0.2, -0.15) is 5.10 Å². The standard InChI is InChI=1S/C14H22N4O3S/c1-10-3-13(10)14(19)18-7-12(8-18)9-22(20,21)16-5-11-4-15-17(2)6-11/h4,6,10,12-13,16H,3,5,7-9H2,1-2H3/t10-,13-/m0/s1. The third kappa shape index (κ3) is 3.49. The Morgan fingerprint density at radius 1 is 1.45 bits per heavy atom. The molecule has 2 heterocycles. The molecule has 1 saturated carbocycles. The van der Waals surface area contributed by atoms with E-state index in [2.05, 4.69) is 16.7 Å². The second-order valence-electron chi connectivity index (χ2n) is 6.55. The molecule has 1 aromatic heterocycles. The first-order valence-electron chi connectivity index (χ1n) is 7.57. The molecule has 8 heteroatoms. The zero-order valence-corrected chi connectivity index (χ0v) is 13.7. The molecule has 2 atom stereocenters. The number of sulfonamides is 1. The molecule has 2 fully saturated rings. The molecule has 1 N–H and O–H groups in total. The van der Waals surface area contributed by atoms with E-state index >= 15 is 0 Å². The SMILES string of the molecule is C[C@H]1C[C@@H]1C(=O)N1CC(CS(=O)(=O)NCc2cnn(C)c2)C1. The number of rotatable bonds is 6. The first-order chi connectivity index (χ1) is 10.3. The predicted molar refractivity (Wildman–Crippen MR) is 81.2 cm³/mol. The fourth-order valence-electron chi connectivity index (χ4n) is 2.88. The van der Waals surface area contributed by atoms with Crippen molar-refractivity contribution in [3.8, 4) is 0 Å². The molecule has 0 aromatic carbocycles. The number of hydrogen-bond donors (Lipinski definition) is 1. The van der Waals surface area contributed by atoms with Gasteiger partial charge in [0.25, 0.3) is 0 Å². The minimum Gasteiger partial charge on any atom is -0.342 e.